The zero-order chi connectivity index (χ0) is 9.84. The molecule has 6 heteroatoms. The number of aromatic carboxylic acids is 1. The van der Waals surface area contributed by atoms with Crippen molar-refractivity contribution in [1.82, 2.24) is 10.2 Å². The van der Waals surface area contributed by atoms with Gasteiger partial charge in [-0.05, 0) is 6.92 Å². The second kappa shape index (κ2) is 3.70. The number of carboxylic acids is 1. The van der Waals surface area contributed by atoms with Crippen LogP contribution in [0.5, 0.6) is 0 Å². The normalized spacial score (nSPS) is 9.62. The molecule has 0 unspecified atom stereocenters. The van der Waals surface area contributed by atoms with E-state index in [9.17, 15) is 4.79 Å². The third kappa shape index (κ3) is 2.05. The van der Waals surface area contributed by atoms with Crippen LogP contribution in [0.25, 0.3) is 0 Å². The molecule has 70 valence electrons. The fourth-order valence-electron chi connectivity index (χ4n) is 0.840. The summed E-state index contributed by atoms with van der Waals surface area (Å²) in [5.41, 5.74) is 5.27. The fraction of sp³-hybridized carbons (Fsp3) is 0.286. The van der Waals surface area contributed by atoms with Crippen molar-refractivity contribution in [3.8, 4) is 0 Å². The number of carbonyl (C=O) groups is 1. The molecule has 0 aliphatic carbocycles. The number of rotatable bonds is 3. The molecule has 13 heavy (non-hydrogen) atoms. The third-order valence-electron chi connectivity index (χ3n) is 1.41. The largest absolute Gasteiger partial charge is 0.478 e. The summed E-state index contributed by atoms with van der Waals surface area (Å²) >= 11 is 0. The Morgan fingerprint density at radius 3 is 2.92 bits per heavy atom. The molecule has 1 aromatic heterocycles. The van der Waals surface area contributed by atoms with Crippen molar-refractivity contribution in [2.24, 2.45) is 0 Å². The topological polar surface area (TPSA) is 101 Å². The SMILES string of the molecule is CCNc1cc(C(=O)O)c(N)nn1. The third-order valence-corrected chi connectivity index (χ3v) is 1.41. The van der Waals surface area contributed by atoms with E-state index in [0.29, 0.717) is 12.4 Å². The molecule has 0 atom stereocenters. The van der Waals surface area contributed by atoms with Gasteiger partial charge in [0.2, 0.25) is 0 Å². The highest BCUT2D eigenvalue weighted by Gasteiger charge is 2.10. The summed E-state index contributed by atoms with van der Waals surface area (Å²) < 4.78 is 0. The summed E-state index contributed by atoms with van der Waals surface area (Å²) in [5.74, 6) is -0.769. The van der Waals surface area contributed by atoms with Crippen LogP contribution in [0, 0.1) is 0 Å². The van der Waals surface area contributed by atoms with Crippen LogP contribution in [0.15, 0.2) is 6.07 Å². The van der Waals surface area contributed by atoms with Gasteiger partial charge in [-0.25, -0.2) is 4.79 Å². The van der Waals surface area contributed by atoms with Crippen molar-refractivity contribution >= 4 is 17.6 Å². The van der Waals surface area contributed by atoms with E-state index in [-0.39, 0.29) is 11.4 Å². The Hall–Kier alpha value is -1.85. The Labute approximate surface area is 74.8 Å². The standard InChI is InChI=1S/C7H10N4O2/c1-2-9-5-3-4(7(12)13)6(8)11-10-5/h3H,2H2,1H3,(H2,8,11)(H,9,10)(H,12,13). The van der Waals surface area contributed by atoms with E-state index in [1.165, 1.54) is 6.07 Å². The molecule has 4 N–H and O–H groups in total. The zero-order valence-electron chi connectivity index (χ0n) is 7.11. The van der Waals surface area contributed by atoms with E-state index in [4.69, 9.17) is 10.8 Å². The first-order valence-electron chi connectivity index (χ1n) is 3.75. The number of hydrogen-bond donors (Lipinski definition) is 3. The van der Waals surface area contributed by atoms with Gasteiger partial charge in [0, 0.05) is 12.6 Å². The Balaban J connectivity index is 3.04. The number of aromatic nitrogens is 2. The Morgan fingerprint density at radius 2 is 2.38 bits per heavy atom. The summed E-state index contributed by atoms with van der Waals surface area (Å²) in [5, 5.41) is 18.7. The number of anilines is 2. The first-order chi connectivity index (χ1) is 6.15. The minimum Gasteiger partial charge on any atom is -0.478 e. The van der Waals surface area contributed by atoms with Gasteiger partial charge in [0.25, 0.3) is 0 Å². The van der Waals surface area contributed by atoms with Gasteiger partial charge in [-0.3, -0.25) is 0 Å². The molecule has 0 aromatic carbocycles. The molecule has 0 bridgehead atoms. The van der Waals surface area contributed by atoms with Gasteiger partial charge in [0.15, 0.2) is 5.82 Å². The smallest absolute Gasteiger partial charge is 0.339 e. The van der Waals surface area contributed by atoms with Crippen LogP contribution >= 0.6 is 0 Å². The van der Waals surface area contributed by atoms with Crippen molar-refractivity contribution in [2.75, 3.05) is 17.6 Å². The molecule has 1 heterocycles. The molecule has 0 aliphatic heterocycles. The lowest BCUT2D eigenvalue weighted by Gasteiger charge is -2.03. The molecule has 0 saturated carbocycles. The van der Waals surface area contributed by atoms with Gasteiger partial charge in [-0.15, -0.1) is 10.2 Å². The fourth-order valence-corrected chi connectivity index (χ4v) is 0.840. The van der Waals surface area contributed by atoms with E-state index >= 15 is 0 Å². The monoisotopic (exact) mass is 182 g/mol. The van der Waals surface area contributed by atoms with Crippen molar-refractivity contribution in [2.45, 2.75) is 6.92 Å². The van der Waals surface area contributed by atoms with Crippen LogP contribution in [0.3, 0.4) is 0 Å². The number of nitrogens with two attached hydrogens (primary N) is 1. The van der Waals surface area contributed by atoms with Crippen molar-refractivity contribution in [3.05, 3.63) is 11.6 Å². The predicted octanol–water partition coefficient (Wildman–Crippen LogP) is 0.189. The van der Waals surface area contributed by atoms with E-state index in [1.54, 1.807) is 0 Å². The molecular weight excluding hydrogens is 172 g/mol. The Morgan fingerprint density at radius 1 is 1.69 bits per heavy atom. The van der Waals surface area contributed by atoms with Crippen molar-refractivity contribution < 1.29 is 9.90 Å². The average Bonchev–Trinajstić information content (AvgIpc) is 2.08. The van der Waals surface area contributed by atoms with Crippen LogP contribution in [-0.2, 0) is 0 Å². The molecule has 0 fully saturated rings. The highest BCUT2D eigenvalue weighted by Crippen LogP contribution is 2.11. The van der Waals surface area contributed by atoms with Crippen LogP contribution in [-0.4, -0.2) is 27.8 Å². The van der Waals surface area contributed by atoms with Gasteiger partial charge in [0.1, 0.15) is 11.4 Å². The van der Waals surface area contributed by atoms with Gasteiger partial charge < -0.3 is 16.2 Å². The summed E-state index contributed by atoms with van der Waals surface area (Å²) in [6, 6.07) is 1.36. The van der Waals surface area contributed by atoms with Crippen LogP contribution in [0.4, 0.5) is 11.6 Å². The van der Waals surface area contributed by atoms with Gasteiger partial charge >= 0.3 is 5.97 Å². The number of nitrogens with one attached hydrogen (secondary N) is 1. The van der Waals surface area contributed by atoms with E-state index in [0.717, 1.165) is 0 Å². The second-order valence-corrected chi connectivity index (χ2v) is 2.36. The van der Waals surface area contributed by atoms with Crippen LogP contribution in [0.2, 0.25) is 0 Å². The van der Waals surface area contributed by atoms with Gasteiger partial charge in [-0.2, -0.15) is 0 Å². The lowest BCUT2D eigenvalue weighted by atomic mass is 10.3. The van der Waals surface area contributed by atoms with Gasteiger partial charge in [0.05, 0.1) is 0 Å². The molecule has 0 saturated heterocycles. The maximum absolute atomic E-state index is 10.6. The maximum Gasteiger partial charge on any atom is 0.339 e. The zero-order valence-corrected chi connectivity index (χ0v) is 7.11. The minimum absolute atomic E-state index is 0.0362. The molecule has 1 aromatic rings. The Kier molecular flexibility index (Phi) is 2.63. The van der Waals surface area contributed by atoms with Crippen molar-refractivity contribution in [3.63, 3.8) is 0 Å². The van der Waals surface area contributed by atoms with Gasteiger partial charge in [-0.1, -0.05) is 0 Å². The molecular formula is C7H10N4O2. The first kappa shape index (κ1) is 9.24. The van der Waals surface area contributed by atoms with E-state index in [2.05, 4.69) is 15.5 Å². The lowest BCUT2D eigenvalue weighted by molar-refractivity contribution is 0.0697. The molecule has 1 rings (SSSR count). The minimum atomic E-state index is -1.11. The number of nitrogens with zero attached hydrogens (tertiary/aromatic N) is 2. The highest BCUT2D eigenvalue weighted by molar-refractivity contribution is 5.93. The van der Waals surface area contributed by atoms with E-state index in [1.807, 2.05) is 6.92 Å². The number of nitrogen functional groups attached to an aromatic ring is 1. The summed E-state index contributed by atoms with van der Waals surface area (Å²) in [4.78, 5) is 10.6. The summed E-state index contributed by atoms with van der Waals surface area (Å²) in [7, 11) is 0. The number of carboxylic acid groups (broad SMARTS) is 1. The number of hydrogen-bond acceptors (Lipinski definition) is 5. The molecule has 0 spiro atoms. The maximum atomic E-state index is 10.6. The van der Waals surface area contributed by atoms with Crippen LogP contribution < -0.4 is 11.1 Å². The predicted molar refractivity (Wildman–Crippen MR) is 47.6 cm³/mol. The Bertz CT molecular complexity index is 326. The second-order valence-electron chi connectivity index (χ2n) is 2.36. The molecule has 0 radical (unpaired) electrons. The van der Waals surface area contributed by atoms with Crippen molar-refractivity contribution in [1.29, 1.82) is 0 Å². The average molecular weight is 182 g/mol. The van der Waals surface area contributed by atoms with E-state index < -0.39 is 5.97 Å². The molecule has 0 amide bonds. The lowest BCUT2D eigenvalue weighted by Crippen LogP contribution is -2.09. The molecule has 0 aliphatic rings. The quantitative estimate of drug-likeness (QED) is 0.616. The highest BCUT2D eigenvalue weighted by atomic mass is 16.4. The first-order valence-corrected chi connectivity index (χ1v) is 3.75. The van der Waals surface area contributed by atoms with Crippen LogP contribution in [0.1, 0.15) is 17.3 Å². The summed E-state index contributed by atoms with van der Waals surface area (Å²) in [6.07, 6.45) is 0. The summed E-state index contributed by atoms with van der Waals surface area (Å²) in [6.45, 7) is 2.52. The molecule has 6 nitrogen and oxygen atoms in total.